The number of nitrogens with one attached hydrogen (secondary N) is 1. The number of ketones is 1. The smallest absolute Gasteiger partial charge is 0.251 e. The zero-order valence-corrected chi connectivity index (χ0v) is 16.1. The van der Waals surface area contributed by atoms with Gasteiger partial charge in [-0.1, -0.05) is 18.2 Å². The minimum Gasteiger partial charge on any atom is -0.492 e. The van der Waals surface area contributed by atoms with Gasteiger partial charge in [0.2, 0.25) is 0 Å². The van der Waals surface area contributed by atoms with E-state index in [0.29, 0.717) is 42.3 Å². The maximum atomic E-state index is 11.6. The Kier molecular flexibility index (Phi) is 6.95. The molecule has 0 aliphatic carbocycles. The second-order valence-electron chi connectivity index (χ2n) is 6.27. The molecule has 0 fully saturated rings. The molecule has 0 bridgehead atoms. The van der Waals surface area contributed by atoms with E-state index in [9.17, 15) is 9.59 Å². The highest BCUT2D eigenvalue weighted by Crippen LogP contribution is 2.29. The van der Waals surface area contributed by atoms with E-state index in [1.807, 2.05) is 30.3 Å². The van der Waals surface area contributed by atoms with Crippen molar-refractivity contribution in [2.75, 3.05) is 13.7 Å². The number of rotatable bonds is 4. The van der Waals surface area contributed by atoms with E-state index in [1.54, 1.807) is 49.8 Å². The molecule has 1 aliphatic heterocycles. The summed E-state index contributed by atoms with van der Waals surface area (Å²) in [4.78, 5) is 26.5. The minimum atomic E-state index is -0.0411. The largest absolute Gasteiger partial charge is 0.492 e. The number of aromatic nitrogens is 1. The molecule has 2 heterocycles. The monoisotopic (exact) mass is 390 g/mol. The molecule has 1 amide bonds. The summed E-state index contributed by atoms with van der Waals surface area (Å²) in [6.45, 7) is 0.912. The van der Waals surface area contributed by atoms with Crippen LogP contribution in [0.3, 0.4) is 0 Å². The molecular formula is C23H22N2O4. The molecule has 2 aromatic carbocycles. The third kappa shape index (κ3) is 5.65. The number of Topliss-reactive ketones (excluding diaryl/α,β-unsaturated/α-hetero) is 1. The summed E-state index contributed by atoms with van der Waals surface area (Å²) in [5.74, 6) is 1.40. The second-order valence-corrected chi connectivity index (χ2v) is 6.27. The third-order valence-corrected chi connectivity index (χ3v) is 4.26. The van der Waals surface area contributed by atoms with Crippen LogP contribution in [0.15, 0.2) is 73.1 Å². The van der Waals surface area contributed by atoms with E-state index in [1.165, 1.54) is 0 Å². The van der Waals surface area contributed by atoms with Crippen LogP contribution in [0.4, 0.5) is 0 Å². The topological polar surface area (TPSA) is 77.5 Å². The first-order valence-electron chi connectivity index (χ1n) is 9.26. The third-order valence-electron chi connectivity index (χ3n) is 4.26. The Morgan fingerprint density at radius 2 is 1.86 bits per heavy atom. The maximum absolute atomic E-state index is 11.6. The fourth-order valence-electron chi connectivity index (χ4n) is 2.71. The van der Waals surface area contributed by atoms with Gasteiger partial charge in [0.25, 0.3) is 5.91 Å². The second kappa shape index (κ2) is 10.0. The van der Waals surface area contributed by atoms with Gasteiger partial charge in [0.1, 0.15) is 18.1 Å². The summed E-state index contributed by atoms with van der Waals surface area (Å²) < 4.78 is 11.2. The van der Waals surface area contributed by atoms with E-state index in [0.717, 1.165) is 5.56 Å². The van der Waals surface area contributed by atoms with Crippen molar-refractivity contribution < 1.29 is 19.1 Å². The Bertz CT molecular complexity index is 959. The van der Waals surface area contributed by atoms with Gasteiger partial charge in [-0.25, -0.2) is 0 Å². The van der Waals surface area contributed by atoms with Crippen molar-refractivity contribution in [1.29, 1.82) is 0 Å². The lowest BCUT2D eigenvalue weighted by Crippen LogP contribution is -2.17. The van der Waals surface area contributed by atoms with Crippen molar-refractivity contribution in [3.05, 3.63) is 89.7 Å². The van der Waals surface area contributed by atoms with Gasteiger partial charge in [0.15, 0.2) is 5.78 Å². The number of amides is 1. The molecule has 1 N–H and O–H groups in total. The molecule has 0 spiro atoms. The van der Waals surface area contributed by atoms with Crippen LogP contribution in [-0.2, 0) is 6.61 Å². The molecular weight excluding hydrogens is 368 g/mol. The fourth-order valence-corrected chi connectivity index (χ4v) is 2.71. The fraction of sp³-hybridized carbons (Fsp3) is 0.174. The van der Waals surface area contributed by atoms with Crippen molar-refractivity contribution in [2.24, 2.45) is 0 Å². The molecule has 4 rings (SSSR count). The van der Waals surface area contributed by atoms with Crippen molar-refractivity contribution in [3.63, 3.8) is 0 Å². The van der Waals surface area contributed by atoms with Crippen LogP contribution >= 0.6 is 0 Å². The molecule has 0 atom stereocenters. The number of hydrogen-bond donors (Lipinski definition) is 1. The molecule has 0 unspecified atom stereocenters. The van der Waals surface area contributed by atoms with Crippen LogP contribution in [0.5, 0.6) is 11.5 Å². The minimum absolute atomic E-state index is 0.0411. The molecule has 29 heavy (non-hydrogen) atoms. The highest BCUT2D eigenvalue weighted by atomic mass is 16.5. The summed E-state index contributed by atoms with van der Waals surface area (Å²) in [7, 11) is 1.62. The van der Waals surface area contributed by atoms with Gasteiger partial charge in [-0.3, -0.25) is 14.6 Å². The maximum Gasteiger partial charge on any atom is 0.251 e. The quantitative estimate of drug-likeness (QED) is 0.735. The SMILES string of the molecule is CNC(=O)c1ccccc1.O=C1CCOc2cc(OCc3ccncc3)ccc21. The molecule has 0 saturated heterocycles. The molecule has 6 heteroatoms. The number of fused-ring (bicyclic) bond motifs is 1. The first-order chi connectivity index (χ1) is 14.2. The summed E-state index contributed by atoms with van der Waals surface area (Å²) >= 11 is 0. The van der Waals surface area contributed by atoms with Gasteiger partial charge in [-0.2, -0.15) is 0 Å². The zero-order valence-electron chi connectivity index (χ0n) is 16.1. The number of benzene rings is 2. The van der Waals surface area contributed by atoms with Crippen LogP contribution in [0.1, 0.15) is 32.7 Å². The van der Waals surface area contributed by atoms with E-state index in [2.05, 4.69) is 10.3 Å². The number of nitrogens with zero attached hydrogens (tertiary/aromatic N) is 1. The number of hydrogen-bond acceptors (Lipinski definition) is 5. The highest BCUT2D eigenvalue weighted by molar-refractivity contribution is 5.99. The summed E-state index contributed by atoms with van der Waals surface area (Å²) in [5.41, 5.74) is 2.39. The Morgan fingerprint density at radius 1 is 1.10 bits per heavy atom. The van der Waals surface area contributed by atoms with E-state index in [-0.39, 0.29) is 11.7 Å². The lowest BCUT2D eigenvalue weighted by Gasteiger charge is -2.17. The van der Waals surface area contributed by atoms with Crippen molar-refractivity contribution in [1.82, 2.24) is 10.3 Å². The van der Waals surface area contributed by atoms with Gasteiger partial charge >= 0.3 is 0 Å². The number of pyridine rings is 1. The Labute approximate surface area is 169 Å². The molecule has 0 radical (unpaired) electrons. The Hall–Kier alpha value is -3.67. The number of carbonyl (C=O) groups excluding carboxylic acids is 2. The molecule has 0 saturated carbocycles. The van der Waals surface area contributed by atoms with Gasteiger partial charge in [-0.15, -0.1) is 0 Å². The van der Waals surface area contributed by atoms with Gasteiger partial charge < -0.3 is 14.8 Å². The number of carbonyl (C=O) groups is 2. The van der Waals surface area contributed by atoms with Crippen molar-refractivity contribution >= 4 is 11.7 Å². The number of ether oxygens (including phenoxy) is 2. The van der Waals surface area contributed by atoms with Crippen LogP contribution in [0, 0.1) is 0 Å². The van der Waals surface area contributed by atoms with Gasteiger partial charge in [0, 0.05) is 37.5 Å². The Morgan fingerprint density at radius 3 is 2.59 bits per heavy atom. The van der Waals surface area contributed by atoms with Crippen LogP contribution < -0.4 is 14.8 Å². The van der Waals surface area contributed by atoms with Crippen LogP contribution in [0.2, 0.25) is 0 Å². The first kappa shape index (κ1) is 20.1. The summed E-state index contributed by atoms with van der Waals surface area (Å²) in [6, 6.07) is 18.2. The summed E-state index contributed by atoms with van der Waals surface area (Å²) in [5, 5.41) is 2.54. The average molecular weight is 390 g/mol. The average Bonchev–Trinajstić information content (AvgIpc) is 2.79. The predicted octanol–water partition coefficient (Wildman–Crippen LogP) is 3.67. The molecule has 1 aromatic heterocycles. The normalized spacial score (nSPS) is 12.0. The highest BCUT2D eigenvalue weighted by Gasteiger charge is 2.18. The molecule has 6 nitrogen and oxygen atoms in total. The lowest BCUT2D eigenvalue weighted by atomic mass is 10.1. The van der Waals surface area contributed by atoms with E-state index >= 15 is 0 Å². The standard InChI is InChI=1S/C15H13NO3.C8H9NO/c17-14-5-8-18-15-9-12(1-2-13(14)15)19-10-11-3-6-16-7-4-11;1-9-8(10)7-5-3-2-4-6-7/h1-4,6-7,9H,5,8,10H2;2-6H,1H3,(H,9,10). The van der Waals surface area contributed by atoms with Crippen molar-refractivity contribution in [2.45, 2.75) is 13.0 Å². The van der Waals surface area contributed by atoms with Gasteiger partial charge in [-0.05, 0) is 42.0 Å². The van der Waals surface area contributed by atoms with Crippen molar-refractivity contribution in [3.8, 4) is 11.5 Å². The molecule has 148 valence electrons. The van der Waals surface area contributed by atoms with Gasteiger partial charge in [0.05, 0.1) is 12.2 Å². The summed E-state index contributed by atoms with van der Waals surface area (Å²) in [6.07, 6.45) is 3.91. The predicted molar refractivity (Wildman–Crippen MR) is 109 cm³/mol. The van der Waals surface area contributed by atoms with Crippen LogP contribution in [-0.4, -0.2) is 30.3 Å². The van der Waals surface area contributed by atoms with E-state index in [4.69, 9.17) is 9.47 Å². The first-order valence-corrected chi connectivity index (χ1v) is 9.26. The molecule has 3 aromatic rings. The lowest BCUT2D eigenvalue weighted by molar-refractivity contribution is 0.0931. The van der Waals surface area contributed by atoms with E-state index < -0.39 is 0 Å². The Balaban J connectivity index is 0.000000204. The zero-order chi connectivity index (χ0) is 20.5. The molecule has 1 aliphatic rings. The van der Waals surface area contributed by atoms with Crippen LogP contribution in [0.25, 0.3) is 0 Å².